The number of hydrogen-bond donors (Lipinski definition) is 0. The van der Waals surface area contributed by atoms with E-state index < -0.39 is 0 Å². The maximum absolute atomic E-state index is 12.4. The average Bonchev–Trinajstić information content (AvgIpc) is 2.58. The summed E-state index contributed by atoms with van der Waals surface area (Å²) in [6, 6.07) is 0. The van der Waals surface area contributed by atoms with Crippen molar-refractivity contribution in [2.45, 2.75) is 89.8 Å². The predicted octanol–water partition coefficient (Wildman–Crippen LogP) is 4.51. The first-order chi connectivity index (χ1) is 11.7. The summed E-state index contributed by atoms with van der Waals surface area (Å²) in [4.78, 5) is 26.2. The van der Waals surface area contributed by atoms with Crippen LogP contribution >= 0.6 is 0 Å². The molecule has 2 amide bonds. The third-order valence-electron chi connectivity index (χ3n) is 7.66. The lowest BCUT2D eigenvalue weighted by Crippen LogP contribution is -2.47. The Kier molecular flexibility index (Phi) is 5.37. The number of rotatable bonds is 1. The van der Waals surface area contributed by atoms with E-state index in [1.165, 1.54) is 30.6 Å². The molecular weight excluding hydrogens is 309 g/mol. The fourth-order valence-electron chi connectivity index (χ4n) is 5.55. The average molecular weight is 343 g/mol. The molecule has 1 heterocycles. The number of likely N-dealkylation sites (tertiary alicyclic amines) is 1. The Morgan fingerprint density at radius 1 is 0.880 bits per heavy atom. The van der Waals surface area contributed by atoms with Crippen LogP contribution in [-0.2, 0) is 9.59 Å². The van der Waals surface area contributed by atoms with Crippen LogP contribution in [0.1, 0.15) is 84.5 Å². The van der Waals surface area contributed by atoms with Gasteiger partial charge in [0.2, 0.25) is 11.8 Å². The van der Waals surface area contributed by atoms with Gasteiger partial charge in [-0.2, -0.15) is 0 Å². The van der Waals surface area contributed by atoms with Crippen LogP contribution < -0.4 is 0 Å². The highest BCUT2D eigenvalue weighted by Crippen LogP contribution is 2.53. The molecule has 0 spiro atoms. The zero-order valence-corrected chi connectivity index (χ0v) is 16.4. The maximum atomic E-state index is 12.4. The minimum Gasteiger partial charge on any atom is -0.285 e. The molecule has 0 N–H and O–H groups in total. The highest BCUT2D eigenvalue weighted by molar-refractivity contribution is 6.14. The molecule has 2 bridgehead atoms. The molecule has 2 saturated carbocycles. The Bertz CT molecular complexity index is 492. The summed E-state index contributed by atoms with van der Waals surface area (Å²) >= 11 is 0. The van der Waals surface area contributed by atoms with E-state index in [-0.39, 0.29) is 29.0 Å². The van der Waals surface area contributed by atoms with Crippen molar-refractivity contribution >= 4 is 19.7 Å². The van der Waals surface area contributed by atoms with Crippen molar-refractivity contribution in [1.29, 1.82) is 0 Å². The molecule has 2 aliphatic carbocycles. The fourth-order valence-corrected chi connectivity index (χ4v) is 5.55. The molecule has 0 aromatic rings. The SMILES string of the molecule is [B]C1(C)CCC(C)(C2CCCC3CC(CCC2)C(=O)N(C)C3=O)CC1. The van der Waals surface area contributed by atoms with E-state index in [4.69, 9.17) is 7.85 Å². The van der Waals surface area contributed by atoms with Gasteiger partial charge < -0.3 is 0 Å². The molecule has 4 heteroatoms. The van der Waals surface area contributed by atoms with Crippen LogP contribution in [0.2, 0.25) is 5.31 Å². The van der Waals surface area contributed by atoms with Crippen molar-refractivity contribution in [1.82, 2.24) is 4.90 Å². The van der Waals surface area contributed by atoms with Gasteiger partial charge in [0, 0.05) is 18.9 Å². The Balaban J connectivity index is 1.68. The second-order valence-corrected chi connectivity index (χ2v) is 9.73. The van der Waals surface area contributed by atoms with Gasteiger partial charge in [-0.25, -0.2) is 0 Å². The molecular formula is C21H34BNO2. The molecule has 1 saturated heterocycles. The molecule has 3 fully saturated rings. The van der Waals surface area contributed by atoms with Crippen LogP contribution in [0, 0.1) is 23.2 Å². The van der Waals surface area contributed by atoms with Gasteiger partial charge in [0.1, 0.15) is 0 Å². The van der Waals surface area contributed by atoms with E-state index in [0.29, 0.717) is 11.3 Å². The van der Waals surface area contributed by atoms with Crippen LogP contribution in [0.3, 0.4) is 0 Å². The molecule has 0 aromatic heterocycles. The summed E-state index contributed by atoms with van der Waals surface area (Å²) in [5, 5.41) is 0.00987. The number of carbonyl (C=O) groups is 2. The lowest BCUT2D eigenvalue weighted by Gasteiger charge is -2.47. The van der Waals surface area contributed by atoms with Crippen molar-refractivity contribution in [2.75, 3.05) is 7.05 Å². The number of amides is 2. The van der Waals surface area contributed by atoms with Gasteiger partial charge in [0.25, 0.3) is 0 Å². The zero-order chi connectivity index (χ0) is 18.2. The summed E-state index contributed by atoms with van der Waals surface area (Å²) in [5.74, 6) is 0.962. The van der Waals surface area contributed by atoms with E-state index in [1.54, 1.807) is 7.05 Å². The number of carbonyl (C=O) groups excluding carboxylic acids is 2. The fraction of sp³-hybridized carbons (Fsp3) is 0.905. The first kappa shape index (κ1) is 19.0. The van der Waals surface area contributed by atoms with Crippen molar-refractivity contribution in [3.05, 3.63) is 0 Å². The summed E-state index contributed by atoms with van der Waals surface area (Å²) in [6.07, 6.45) is 12.1. The van der Waals surface area contributed by atoms with Crippen molar-refractivity contribution in [3.8, 4) is 0 Å². The largest absolute Gasteiger partial charge is 0.285 e. The standard InChI is InChI=1S/C21H34BNO2/c1-20(10-12-21(2,22)13-11-20)17-8-4-6-15-14-16(7-5-9-17)19(25)23(3)18(15)24/h15-17H,4-14H2,1-3H3. The van der Waals surface area contributed by atoms with E-state index in [1.807, 2.05) is 0 Å². The van der Waals surface area contributed by atoms with Crippen LogP contribution in [0.5, 0.6) is 0 Å². The molecule has 25 heavy (non-hydrogen) atoms. The number of piperidine rings is 1. The monoisotopic (exact) mass is 343 g/mol. The second-order valence-electron chi connectivity index (χ2n) is 9.73. The number of nitrogens with zero attached hydrogens (tertiary/aromatic N) is 1. The Morgan fingerprint density at radius 3 is 1.84 bits per heavy atom. The predicted molar refractivity (Wildman–Crippen MR) is 101 cm³/mol. The number of imide groups is 1. The third-order valence-corrected chi connectivity index (χ3v) is 7.66. The lowest BCUT2D eigenvalue weighted by molar-refractivity contribution is -0.154. The zero-order valence-electron chi connectivity index (χ0n) is 16.4. The second kappa shape index (κ2) is 7.08. The van der Waals surface area contributed by atoms with E-state index in [9.17, 15) is 9.59 Å². The topological polar surface area (TPSA) is 37.4 Å². The quantitative estimate of drug-likeness (QED) is 0.519. The Hall–Kier alpha value is -0.795. The summed E-state index contributed by atoms with van der Waals surface area (Å²) in [7, 11) is 8.03. The van der Waals surface area contributed by atoms with Gasteiger partial charge in [-0.15, -0.1) is 0 Å². The van der Waals surface area contributed by atoms with Gasteiger partial charge in [0.15, 0.2) is 0 Å². The minimum atomic E-state index is 0.00987. The van der Waals surface area contributed by atoms with E-state index >= 15 is 0 Å². The Labute approximate surface area is 154 Å². The van der Waals surface area contributed by atoms with Crippen LogP contribution in [0.15, 0.2) is 0 Å². The molecule has 3 rings (SSSR count). The highest BCUT2D eigenvalue weighted by atomic mass is 16.2. The molecule has 0 aromatic carbocycles. The molecule has 3 nitrogen and oxygen atoms in total. The van der Waals surface area contributed by atoms with Gasteiger partial charge in [-0.3, -0.25) is 14.5 Å². The van der Waals surface area contributed by atoms with E-state index in [0.717, 1.165) is 44.9 Å². The van der Waals surface area contributed by atoms with Gasteiger partial charge in [0.05, 0.1) is 7.85 Å². The first-order valence-electron chi connectivity index (χ1n) is 10.3. The van der Waals surface area contributed by atoms with E-state index in [2.05, 4.69) is 13.8 Å². The minimum absolute atomic E-state index is 0.00987. The highest BCUT2D eigenvalue weighted by Gasteiger charge is 2.42. The third kappa shape index (κ3) is 3.98. The normalized spacial score (nSPS) is 43.8. The molecule has 3 aliphatic rings. The molecule has 2 atom stereocenters. The molecule has 2 radical (unpaired) electrons. The molecule has 1 aliphatic heterocycles. The first-order valence-corrected chi connectivity index (χ1v) is 10.3. The number of hydrogen-bond acceptors (Lipinski definition) is 2. The lowest BCUT2D eigenvalue weighted by atomic mass is 9.53. The van der Waals surface area contributed by atoms with Gasteiger partial charge in [-0.1, -0.05) is 44.8 Å². The number of fused-ring (bicyclic) bond motifs is 2. The summed E-state index contributed by atoms with van der Waals surface area (Å²) in [5.41, 5.74) is 0.387. The smallest absolute Gasteiger partial charge is 0.232 e. The van der Waals surface area contributed by atoms with Crippen LogP contribution in [0.25, 0.3) is 0 Å². The van der Waals surface area contributed by atoms with Crippen molar-refractivity contribution in [3.63, 3.8) is 0 Å². The Morgan fingerprint density at radius 2 is 1.36 bits per heavy atom. The van der Waals surface area contributed by atoms with Crippen LogP contribution in [-0.4, -0.2) is 31.6 Å². The van der Waals surface area contributed by atoms with Gasteiger partial charge >= 0.3 is 0 Å². The van der Waals surface area contributed by atoms with Gasteiger partial charge in [-0.05, 0) is 56.3 Å². The van der Waals surface area contributed by atoms with Crippen LogP contribution in [0.4, 0.5) is 0 Å². The molecule has 138 valence electrons. The summed E-state index contributed by atoms with van der Waals surface area (Å²) < 4.78 is 0. The summed E-state index contributed by atoms with van der Waals surface area (Å²) in [6.45, 7) is 4.65. The van der Waals surface area contributed by atoms with Crippen molar-refractivity contribution in [2.24, 2.45) is 23.2 Å². The molecule has 2 unspecified atom stereocenters. The van der Waals surface area contributed by atoms with Crippen molar-refractivity contribution < 1.29 is 9.59 Å². The maximum Gasteiger partial charge on any atom is 0.232 e.